The van der Waals surface area contributed by atoms with Crippen LogP contribution in [0.2, 0.25) is 0 Å². The molecule has 0 fully saturated rings. The Morgan fingerprint density at radius 3 is 2.24 bits per heavy atom. The lowest BCUT2D eigenvalue weighted by molar-refractivity contribution is 0.0927. The maximum Gasteiger partial charge on any atom is 0.187 e. The first kappa shape index (κ1) is 15.1. The van der Waals surface area contributed by atoms with Crippen LogP contribution in [0.1, 0.15) is 29.8 Å². The molecule has 0 atom stereocenters. The molecule has 0 amide bonds. The third-order valence-corrected chi connectivity index (χ3v) is 3.51. The van der Waals surface area contributed by atoms with E-state index in [9.17, 15) is 4.79 Å². The van der Waals surface area contributed by atoms with Crippen LogP contribution >= 0.6 is 0 Å². The number of carbonyl (C=O) groups excluding carboxylic acids is 1. The number of hydrogen-bond donors (Lipinski definition) is 1. The largest absolute Gasteiger partial charge is 0.497 e. The molecule has 0 saturated carbocycles. The normalized spacial score (nSPS) is 11.0. The molecule has 2 aromatic carbocycles. The third kappa shape index (κ3) is 3.43. The van der Waals surface area contributed by atoms with Crippen LogP contribution in [0.5, 0.6) is 5.75 Å². The number of carbonyl (C=O) groups is 1. The molecule has 0 spiro atoms. The monoisotopic (exact) mass is 283 g/mol. The molecule has 0 saturated heterocycles. The zero-order valence-corrected chi connectivity index (χ0v) is 12.9. The number of rotatable bonds is 5. The Bertz CT molecular complexity index is 630. The number of benzene rings is 2. The highest BCUT2D eigenvalue weighted by Crippen LogP contribution is 2.23. The van der Waals surface area contributed by atoms with Gasteiger partial charge in [0.25, 0.3) is 0 Å². The van der Waals surface area contributed by atoms with E-state index >= 15 is 0 Å². The van der Waals surface area contributed by atoms with Crippen molar-refractivity contribution < 1.29 is 9.53 Å². The molecule has 3 heteroatoms. The highest BCUT2D eigenvalue weighted by molar-refractivity contribution is 6.04. The lowest BCUT2D eigenvalue weighted by atomic mass is 9.92. The topological polar surface area (TPSA) is 38.3 Å². The van der Waals surface area contributed by atoms with Gasteiger partial charge in [0, 0.05) is 11.3 Å². The number of para-hydroxylation sites is 1. The Hall–Kier alpha value is -2.29. The van der Waals surface area contributed by atoms with E-state index in [2.05, 4.69) is 5.32 Å². The summed E-state index contributed by atoms with van der Waals surface area (Å²) in [4.78, 5) is 12.7. The molecule has 0 aliphatic rings. The van der Waals surface area contributed by atoms with Crippen molar-refractivity contribution in [2.24, 2.45) is 0 Å². The minimum Gasteiger partial charge on any atom is -0.497 e. The standard InChI is InChI=1S/C18H21NO2/c1-13-7-5-6-8-16(13)19-18(2,3)17(20)14-9-11-15(21-4)12-10-14/h5-12,19H,1-4H3. The lowest BCUT2D eigenvalue weighted by Crippen LogP contribution is -2.40. The summed E-state index contributed by atoms with van der Waals surface area (Å²) in [7, 11) is 1.61. The molecule has 1 N–H and O–H groups in total. The molecule has 2 aromatic rings. The van der Waals surface area contributed by atoms with Gasteiger partial charge in [-0.1, -0.05) is 18.2 Å². The summed E-state index contributed by atoms with van der Waals surface area (Å²) in [5, 5.41) is 3.33. The lowest BCUT2D eigenvalue weighted by Gasteiger charge is -2.27. The van der Waals surface area contributed by atoms with E-state index in [-0.39, 0.29) is 5.78 Å². The van der Waals surface area contributed by atoms with Crippen molar-refractivity contribution in [3.8, 4) is 5.75 Å². The van der Waals surface area contributed by atoms with E-state index in [0.717, 1.165) is 17.0 Å². The van der Waals surface area contributed by atoms with Gasteiger partial charge in [0.2, 0.25) is 0 Å². The van der Waals surface area contributed by atoms with Crippen molar-refractivity contribution in [1.82, 2.24) is 0 Å². The second kappa shape index (κ2) is 6.00. The number of anilines is 1. The van der Waals surface area contributed by atoms with Gasteiger partial charge in [0.15, 0.2) is 5.78 Å². The predicted molar refractivity (Wildman–Crippen MR) is 86.2 cm³/mol. The summed E-state index contributed by atoms with van der Waals surface area (Å²) < 4.78 is 5.12. The summed E-state index contributed by atoms with van der Waals surface area (Å²) in [6.07, 6.45) is 0. The molecular formula is C18H21NO2. The Morgan fingerprint density at radius 2 is 1.67 bits per heavy atom. The Kier molecular flexibility index (Phi) is 4.32. The highest BCUT2D eigenvalue weighted by Gasteiger charge is 2.28. The fraction of sp³-hybridized carbons (Fsp3) is 0.278. The molecular weight excluding hydrogens is 262 g/mol. The van der Waals surface area contributed by atoms with Gasteiger partial charge < -0.3 is 10.1 Å². The fourth-order valence-corrected chi connectivity index (χ4v) is 2.21. The minimum atomic E-state index is -0.680. The first-order chi connectivity index (χ1) is 9.94. The molecule has 21 heavy (non-hydrogen) atoms. The van der Waals surface area contributed by atoms with Crippen LogP contribution in [-0.4, -0.2) is 18.4 Å². The Balaban J connectivity index is 2.21. The molecule has 0 aliphatic carbocycles. The minimum absolute atomic E-state index is 0.0495. The van der Waals surface area contributed by atoms with Crippen molar-refractivity contribution in [2.75, 3.05) is 12.4 Å². The van der Waals surface area contributed by atoms with Gasteiger partial charge in [-0.15, -0.1) is 0 Å². The molecule has 0 unspecified atom stereocenters. The number of ether oxygens (including phenoxy) is 1. The van der Waals surface area contributed by atoms with Gasteiger partial charge in [-0.05, 0) is 56.7 Å². The van der Waals surface area contributed by atoms with E-state index in [1.807, 2.05) is 45.0 Å². The highest BCUT2D eigenvalue weighted by atomic mass is 16.5. The van der Waals surface area contributed by atoms with Crippen molar-refractivity contribution in [3.05, 3.63) is 59.7 Å². The quantitative estimate of drug-likeness (QED) is 0.840. The van der Waals surface area contributed by atoms with Crippen LogP contribution in [0.4, 0.5) is 5.69 Å². The van der Waals surface area contributed by atoms with Crippen molar-refractivity contribution in [3.63, 3.8) is 0 Å². The van der Waals surface area contributed by atoms with E-state index in [0.29, 0.717) is 5.56 Å². The van der Waals surface area contributed by atoms with Crippen LogP contribution in [0.25, 0.3) is 0 Å². The first-order valence-corrected chi connectivity index (χ1v) is 6.97. The predicted octanol–water partition coefficient (Wildman–Crippen LogP) is 4.08. The number of nitrogens with one attached hydrogen (secondary N) is 1. The Labute approximate surface area is 126 Å². The molecule has 0 aromatic heterocycles. The average molecular weight is 283 g/mol. The fourth-order valence-electron chi connectivity index (χ4n) is 2.21. The van der Waals surface area contributed by atoms with Crippen molar-refractivity contribution in [1.29, 1.82) is 0 Å². The Morgan fingerprint density at radius 1 is 1.05 bits per heavy atom. The number of aryl methyl sites for hydroxylation is 1. The van der Waals surface area contributed by atoms with Crippen LogP contribution in [0.3, 0.4) is 0 Å². The molecule has 0 radical (unpaired) electrons. The van der Waals surface area contributed by atoms with Gasteiger partial charge in [-0.25, -0.2) is 0 Å². The summed E-state index contributed by atoms with van der Waals surface area (Å²) >= 11 is 0. The molecule has 0 heterocycles. The van der Waals surface area contributed by atoms with Gasteiger partial charge >= 0.3 is 0 Å². The maximum atomic E-state index is 12.7. The third-order valence-electron chi connectivity index (χ3n) is 3.51. The van der Waals surface area contributed by atoms with Gasteiger partial charge in [0.1, 0.15) is 5.75 Å². The smallest absolute Gasteiger partial charge is 0.187 e. The van der Waals surface area contributed by atoms with E-state index < -0.39 is 5.54 Å². The summed E-state index contributed by atoms with van der Waals surface area (Å²) in [5.41, 5.74) is 2.08. The molecule has 0 bridgehead atoms. The number of ketones is 1. The zero-order valence-electron chi connectivity index (χ0n) is 12.9. The van der Waals surface area contributed by atoms with Gasteiger partial charge in [0.05, 0.1) is 12.6 Å². The molecule has 110 valence electrons. The summed E-state index contributed by atoms with van der Waals surface area (Å²) in [5.74, 6) is 0.796. The van der Waals surface area contributed by atoms with Crippen LogP contribution in [-0.2, 0) is 0 Å². The number of Topliss-reactive ketones (excluding diaryl/α,β-unsaturated/α-hetero) is 1. The molecule has 0 aliphatic heterocycles. The van der Waals surface area contributed by atoms with E-state index in [1.165, 1.54) is 0 Å². The number of methoxy groups -OCH3 is 1. The van der Waals surface area contributed by atoms with Crippen LogP contribution < -0.4 is 10.1 Å². The average Bonchev–Trinajstić information content (AvgIpc) is 2.49. The van der Waals surface area contributed by atoms with E-state index in [1.54, 1.807) is 31.4 Å². The first-order valence-electron chi connectivity index (χ1n) is 6.97. The van der Waals surface area contributed by atoms with Crippen molar-refractivity contribution in [2.45, 2.75) is 26.3 Å². The molecule has 3 nitrogen and oxygen atoms in total. The second-order valence-corrected chi connectivity index (χ2v) is 5.62. The summed E-state index contributed by atoms with van der Waals surface area (Å²) in [6, 6.07) is 15.1. The zero-order chi connectivity index (χ0) is 15.5. The second-order valence-electron chi connectivity index (χ2n) is 5.62. The van der Waals surface area contributed by atoms with Gasteiger partial charge in [-0.3, -0.25) is 4.79 Å². The van der Waals surface area contributed by atoms with Crippen molar-refractivity contribution >= 4 is 11.5 Å². The summed E-state index contributed by atoms with van der Waals surface area (Å²) in [6.45, 7) is 5.81. The van der Waals surface area contributed by atoms with Crippen LogP contribution in [0.15, 0.2) is 48.5 Å². The SMILES string of the molecule is COc1ccc(C(=O)C(C)(C)Nc2ccccc2C)cc1. The van der Waals surface area contributed by atoms with E-state index in [4.69, 9.17) is 4.74 Å². The number of hydrogen-bond acceptors (Lipinski definition) is 3. The maximum absolute atomic E-state index is 12.7. The van der Waals surface area contributed by atoms with Crippen LogP contribution in [0, 0.1) is 6.92 Å². The molecule has 2 rings (SSSR count). The van der Waals surface area contributed by atoms with Gasteiger partial charge in [-0.2, -0.15) is 0 Å².